The quantitative estimate of drug-likeness (QED) is 0.495. The normalized spacial score (nSPS) is 50.5. The Bertz CT molecular complexity index is 143. The van der Waals surface area contributed by atoms with Crippen LogP contribution in [-0.2, 0) is 0 Å². The van der Waals surface area contributed by atoms with Crippen LogP contribution in [0.25, 0.3) is 0 Å². The molecule has 0 aromatic carbocycles. The Morgan fingerprint density at radius 3 is 2.18 bits per heavy atom. The summed E-state index contributed by atoms with van der Waals surface area (Å²) >= 11 is 0. The minimum absolute atomic E-state index is 1.02. The van der Waals surface area contributed by atoms with Gasteiger partial charge < -0.3 is 0 Å². The van der Waals surface area contributed by atoms with Crippen LogP contribution in [0.15, 0.2) is 0 Å². The highest BCUT2D eigenvalue weighted by Crippen LogP contribution is 2.58. The maximum atomic E-state index is 2.39. The Hall–Kier alpha value is 0. The first-order valence-electron chi connectivity index (χ1n) is 5.01. The molecular weight excluding hydrogens is 132 g/mol. The maximum absolute atomic E-state index is 2.39. The highest BCUT2D eigenvalue weighted by atomic mass is 14.5. The first kappa shape index (κ1) is 6.51. The van der Waals surface area contributed by atoms with E-state index in [2.05, 4.69) is 6.92 Å². The summed E-state index contributed by atoms with van der Waals surface area (Å²) in [4.78, 5) is 0. The van der Waals surface area contributed by atoms with Crippen LogP contribution in [0.4, 0.5) is 0 Å². The molecular formula is C11H16. The van der Waals surface area contributed by atoms with Gasteiger partial charge in [-0.2, -0.15) is 0 Å². The van der Waals surface area contributed by atoms with Gasteiger partial charge in [0.05, 0.1) is 0 Å². The lowest BCUT2D eigenvalue weighted by atomic mass is 9.52. The van der Waals surface area contributed by atoms with Crippen molar-refractivity contribution >= 4 is 0 Å². The molecule has 0 spiro atoms. The minimum Gasteiger partial charge on any atom is -0.0583 e. The lowest BCUT2D eigenvalue weighted by molar-refractivity contribution is 0.111. The molecule has 0 N–H and O–H groups in total. The van der Waals surface area contributed by atoms with Crippen molar-refractivity contribution in [2.45, 2.75) is 39.0 Å². The fourth-order valence-electron chi connectivity index (χ4n) is 3.64. The molecule has 0 nitrogen and oxygen atoms in total. The molecule has 4 bridgehead atoms. The SMILES string of the molecule is C[C]1[C]2CC3CC(C2)CC1C3. The Morgan fingerprint density at radius 2 is 1.64 bits per heavy atom. The van der Waals surface area contributed by atoms with E-state index < -0.39 is 0 Å². The Morgan fingerprint density at radius 1 is 1.00 bits per heavy atom. The van der Waals surface area contributed by atoms with Gasteiger partial charge in [-0.25, -0.2) is 0 Å². The summed E-state index contributed by atoms with van der Waals surface area (Å²) in [7, 11) is 0. The molecule has 2 unspecified atom stereocenters. The lowest BCUT2D eigenvalue weighted by Crippen LogP contribution is -2.41. The highest BCUT2D eigenvalue weighted by Gasteiger charge is 2.46. The van der Waals surface area contributed by atoms with Gasteiger partial charge in [0.1, 0.15) is 0 Å². The van der Waals surface area contributed by atoms with E-state index >= 15 is 0 Å². The van der Waals surface area contributed by atoms with E-state index in [1.807, 2.05) is 5.92 Å². The second kappa shape index (κ2) is 2.02. The topological polar surface area (TPSA) is 0 Å². The van der Waals surface area contributed by atoms with Gasteiger partial charge in [-0.3, -0.25) is 0 Å². The van der Waals surface area contributed by atoms with Crippen LogP contribution < -0.4 is 0 Å². The van der Waals surface area contributed by atoms with Gasteiger partial charge in [0, 0.05) is 0 Å². The molecule has 11 heavy (non-hydrogen) atoms. The zero-order chi connectivity index (χ0) is 7.42. The van der Waals surface area contributed by atoms with Gasteiger partial charge in [-0.05, 0) is 61.7 Å². The smallest absolute Gasteiger partial charge is 0.0168 e. The zero-order valence-electron chi connectivity index (χ0n) is 7.27. The molecule has 0 aromatic rings. The van der Waals surface area contributed by atoms with Gasteiger partial charge in [0.2, 0.25) is 0 Å². The van der Waals surface area contributed by atoms with Crippen molar-refractivity contribution in [2.24, 2.45) is 17.8 Å². The van der Waals surface area contributed by atoms with E-state index in [-0.39, 0.29) is 0 Å². The molecule has 0 aliphatic heterocycles. The van der Waals surface area contributed by atoms with Crippen molar-refractivity contribution in [2.75, 3.05) is 0 Å². The van der Waals surface area contributed by atoms with Gasteiger partial charge in [0.15, 0.2) is 0 Å². The minimum atomic E-state index is 1.02. The van der Waals surface area contributed by atoms with E-state index in [1.54, 1.807) is 12.3 Å². The molecule has 2 atom stereocenters. The molecule has 0 heteroatoms. The summed E-state index contributed by atoms with van der Waals surface area (Å²) in [6.45, 7) is 2.39. The van der Waals surface area contributed by atoms with E-state index in [1.165, 1.54) is 25.7 Å². The standard InChI is InChI=1S/C11H16/c1-7-10-3-8-2-9(5-10)6-11(7)4-8/h8-10H,2-6H2,1H3. The molecule has 0 heterocycles. The summed E-state index contributed by atoms with van der Waals surface area (Å²) in [5, 5.41) is 0. The van der Waals surface area contributed by atoms with Gasteiger partial charge in [0.25, 0.3) is 0 Å². The summed E-state index contributed by atoms with van der Waals surface area (Å²) in [6, 6.07) is 0. The van der Waals surface area contributed by atoms with Gasteiger partial charge in [-0.15, -0.1) is 0 Å². The zero-order valence-corrected chi connectivity index (χ0v) is 7.27. The second-order valence-electron chi connectivity index (χ2n) is 4.83. The van der Waals surface area contributed by atoms with Gasteiger partial charge in [-0.1, -0.05) is 6.92 Å². The molecule has 4 saturated carbocycles. The average molecular weight is 148 g/mol. The summed E-state index contributed by atoms with van der Waals surface area (Å²) in [5.74, 6) is 6.87. The van der Waals surface area contributed by atoms with E-state index in [9.17, 15) is 0 Å². The predicted octanol–water partition coefficient (Wildman–Crippen LogP) is 3.00. The van der Waals surface area contributed by atoms with E-state index in [0.29, 0.717) is 0 Å². The second-order valence-corrected chi connectivity index (χ2v) is 4.83. The highest BCUT2D eigenvalue weighted by molar-refractivity contribution is 5.26. The van der Waals surface area contributed by atoms with Crippen LogP contribution >= 0.6 is 0 Å². The van der Waals surface area contributed by atoms with Crippen LogP contribution in [0.1, 0.15) is 39.0 Å². The van der Waals surface area contributed by atoms with Crippen LogP contribution in [0.5, 0.6) is 0 Å². The van der Waals surface area contributed by atoms with Gasteiger partial charge >= 0.3 is 0 Å². The summed E-state index contributed by atoms with van der Waals surface area (Å²) in [6.07, 6.45) is 7.57. The van der Waals surface area contributed by atoms with Crippen LogP contribution in [-0.4, -0.2) is 0 Å². The fraction of sp³-hybridized carbons (Fsp3) is 0.818. The fourth-order valence-corrected chi connectivity index (χ4v) is 3.64. The summed E-state index contributed by atoms with van der Waals surface area (Å²) < 4.78 is 0. The third kappa shape index (κ3) is 0.816. The van der Waals surface area contributed by atoms with Crippen molar-refractivity contribution < 1.29 is 0 Å². The van der Waals surface area contributed by atoms with Crippen molar-refractivity contribution in [1.82, 2.24) is 0 Å². The molecule has 2 radical (unpaired) electrons. The molecule has 4 aliphatic rings. The van der Waals surface area contributed by atoms with E-state index in [4.69, 9.17) is 0 Å². The maximum Gasteiger partial charge on any atom is -0.0168 e. The summed E-state index contributed by atoms with van der Waals surface area (Å²) in [5.41, 5.74) is 0. The van der Waals surface area contributed by atoms with Crippen LogP contribution in [0, 0.1) is 29.6 Å². The molecule has 0 amide bonds. The average Bonchev–Trinajstić information content (AvgIpc) is 1.98. The molecule has 0 aromatic heterocycles. The number of hydrogen-bond donors (Lipinski definition) is 0. The lowest BCUT2D eigenvalue weighted by Gasteiger charge is -2.52. The molecule has 4 fully saturated rings. The number of rotatable bonds is 0. The van der Waals surface area contributed by atoms with Crippen LogP contribution in [0.3, 0.4) is 0 Å². The van der Waals surface area contributed by atoms with E-state index in [0.717, 1.165) is 17.8 Å². The number of hydrogen-bond acceptors (Lipinski definition) is 0. The Labute approximate surface area is 69.4 Å². The molecule has 4 aliphatic carbocycles. The monoisotopic (exact) mass is 148 g/mol. The van der Waals surface area contributed by atoms with Crippen molar-refractivity contribution in [3.05, 3.63) is 11.8 Å². The Kier molecular flexibility index (Phi) is 1.20. The van der Waals surface area contributed by atoms with Crippen molar-refractivity contribution in [3.8, 4) is 0 Å². The molecule has 60 valence electrons. The third-order valence-electron chi connectivity index (χ3n) is 4.14. The Balaban J connectivity index is 1.91. The van der Waals surface area contributed by atoms with Crippen LogP contribution in [0.2, 0.25) is 0 Å². The van der Waals surface area contributed by atoms with Crippen molar-refractivity contribution in [3.63, 3.8) is 0 Å². The van der Waals surface area contributed by atoms with Crippen molar-refractivity contribution in [1.29, 1.82) is 0 Å². The largest absolute Gasteiger partial charge is 0.0583 e. The predicted molar refractivity (Wildman–Crippen MR) is 45.7 cm³/mol. The molecule has 0 saturated heterocycles. The molecule has 4 rings (SSSR count). The first-order chi connectivity index (χ1) is 5.33. The first-order valence-corrected chi connectivity index (χ1v) is 5.01. The third-order valence-corrected chi connectivity index (χ3v) is 4.14.